The number of carbonyl (C=O) groups excluding carboxylic acids is 1. The van der Waals surface area contributed by atoms with Crippen molar-refractivity contribution in [2.24, 2.45) is 0 Å². The summed E-state index contributed by atoms with van der Waals surface area (Å²) >= 11 is 0. The van der Waals surface area contributed by atoms with Gasteiger partial charge in [0.15, 0.2) is 0 Å². The molecule has 0 atom stereocenters. The smallest absolute Gasteiger partial charge is 0.120 e. The minimum atomic E-state index is 0.530. The molecule has 0 fully saturated rings. The summed E-state index contributed by atoms with van der Waals surface area (Å²) in [6, 6.07) is 6.70. The minimum absolute atomic E-state index is 0.530. The van der Waals surface area contributed by atoms with Gasteiger partial charge >= 0.3 is 0 Å². The highest BCUT2D eigenvalue weighted by Gasteiger charge is 2.08. The van der Waals surface area contributed by atoms with Crippen LogP contribution in [0.3, 0.4) is 0 Å². The number of aryl methyl sites for hydroxylation is 1. The van der Waals surface area contributed by atoms with E-state index >= 15 is 0 Å². The predicted molar refractivity (Wildman–Crippen MR) is 69.0 cm³/mol. The zero-order valence-corrected chi connectivity index (χ0v) is 10.8. The molecule has 0 aliphatic heterocycles. The molecule has 1 rings (SSSR count). The van der Waals surface area contributed by atoms with Crippen LogP contribution in [0, 0.1) is 0 Å². The Hall–Kier alpha value is -1.11. The Balaban J connectivity index is 3.05. The van der Waals surface area contributed by atoms with Crippen LogP contribution in [0.2, 0.25) is 0 Å². The van der Waals surface area contributed by atoms with Crippen LogP contribution in [0.1, 0.15) is 62.6 Å². The monoisotopic (exact) mass is 218 g/mol. The van der Waals surface area contributed by atoms with Crippen molar-refractivity contribution >= 4 is 6.29 Å². The molecule has 0 saturated heterocycles. The van der Waals surface area contributed by atoms with E-state index < -0.39 is 0 Å². The fraction of sp³-hybridized carbons (Fsp3) is 0.533. The molecule has 1 heteroatoms. The Morgan fingerprint density at radius 2 is 1.81 bits per heavy atom. The molecule has 0 aliphatic rings. The number of aldehydes is 1. The molecular weight excluding hydrogens is 196 g/mol. The fourth-order valence-corrected chi connectivity index (χ4v) is 1.98. The molecule has 1 aromatic rings. The molecule has 88 valence electrons. The Kier molecular flexibility index (Phi) is 4.72. The van der Waals surface area contributed by atoms with E-state index in [1.165, 1.54) is 16.7 Å². The topological polar surface area (TPSA) is 17.1 Å². The molecule has 1 aromatic carbocycles. The average Bonchev–Trinajstić information content (AvgIpc) is 2.25. The van der Waals surface area contributed by atoms with Crippen molar-refractivity contribution < 1.29 is 4.79 Å². The van der Waals surface area contributed by atoms with Gasteiger partial charge in [-0.15, -0.1) is 0 Å². The molecule has 1 nitrogen and oxygen atoms in total. The van der Waals surface area contributed by atoms with Gasteiger partial charge in [0.2, 0.25) is 0 Å². The summed E-state index contributed by atoms with van der Waals surface area (Å²) in [6.45, 7) is 8.81. The van der Waals surface area contributed by atoms with Gasteiger partial charge in [-0.1, -0.05) is 45.9 Å². The van der Waals surface area contributed by atoms with E-state index in [2.05, 4.69) is 45.9 Å². The van der Waals surface area contributed by atoms with Crippen molar-refractivity contribution in [3.63, 3.8) is 0 Å². The molecule has 0 N–H and O–H groups in total. The second-order valence-electron chi connectivity index (χ2n) is 4.97. The molecule has 16 heavy (non-hydrogen) atoms. The van der Waals surface area contributed by atoms with E-state index in [0.29, 0.717) is 18.3 Å². The summed E-state index contributed by atoms with van der Waals surface area (Å²) in [5, 5.41) is 0. The third-order valence-corrected chi connectivity index (χ3v) is 2.99. The maximum atomic E-state index is 10.5. The third-order valence-electron chi connectivity index (χ3n) is 2.99. The van der Waals surface area contributed by atoms with Crippen molar-refractivity contribution in [3.8, 4) is 0 Å². The number of hydrogen-bond acceptors (Lipinski definition) is 1. The van der Waals surface area contributed by atoms with E-state index in [1.807, 2.05) is 0 Å². The molecular formula is C15H22O. The first-order valence-corrected chi connectivity index (χ1v) is 6.12. The van der Waals surface area contributed by atoms with Crippen molar-refractivity contribution in [1.82, 2.24) is 0 Å². The molecule has 0 saturated carbocycles. The maximum Gasteiger partial charge on any atom is 0.120 e. The fourth-order valence-electron chi connectivity index (χ4n) is 1.98. The summed E-state index contributed by atoms with van der Waals surface area (Å²) < 4.78 is 0. The predicted octanol–water partition coefficient (Wildman–Crippen LogP) is 4.06. The minimum Gasteiger partial charge on any atom is -0.303 e. The van der Waals surface area contributed by atoms with Crippen molar-refractivity contribution in [2.45, 2.75) is 52.4 Å². The maximum absolute atomic E-state index is 10.5. The largest absolute Gasteiger partial charge is 0.303 e. The number of benzene rings is 1. The molecule has 0 bridgehead atoms. The van der Waals surface area contributed by atoms with Gasteiger partial charge < -0.3 is 4.79 Å². The van der Waals surface area contributed by atoms with Gasteiger partial charge in [-0.3, -0.25) is 0 Å². The third kappa shape index (κ3) is 3.19. The SMILES string of the molecule is CC(C)c1ccc(C(C)C)c(CCC=O)c1. The molecule has 0 radical (unpaired) electrons. The van der Waals surface area contributed by atoms with Crippen LogP contribution >= 0.6 is 0 Å². The summed E-state index contributed by atoms with van der Waals surface area (Å²) in [5.74, 6) is 1.08. The lowest BCUT2D eigenvalue weighted by molar-refractivity contribution is -0.107. The first-order valence-electron chi connectivity index (χ1n) is 6.12. The second-order valence-corrected chi connectivity index (χ2v) is 4.97. The highest BCUT2D eigenvalue weighted by molar-refractivity contribution is 5.50. The lowest BCUT2D eigenvalue weighted by Crippen LogP contribution is -2.00. The van der Waals surface area contributed by atoms with E-state index in [-0.39, 0.29) is 0 Å². The van der Waals surface area contributed by atoms with Crippen LogP contribution in [-0.4, -0.2) is 6.29 Å². The Labute approximate surface area is 98.9 Å². The zero-order valence-electron chi connectivity index (χ0n) is 10.8. The molecule has 0 aromatic heterocycles. The molecule has 0 amide bonds. The quantitative estimate of drug-likeness (QED) is 0.681. The van der Waals surface area contributed by atoms with Gasteiger partial charge in [-0.25, -0.2) is 0 Å². The van der Waals surface area contributed by atoms with Gasteiger partial charge in [-0.2, -0.15) is 0 Å². The first-order chi connectivity index (χ1) is 7.56. The van der Waals surface area contributed by atoms with E-state index in [4.69, 9.17) is 0 Å². The van der Waals surface area contributed by atoms with E-state index in [9.17, 15) is 4.79 Å². The van der Waals surface area contributed by atoms with Crippen LogP contribution in [-0.2, 0) is 11.2 Å². The van der Waals surface area contributed by atoms with Gasteiger partial charge in [0.05, 0.1) is 0 Å². The van der Waals surface area contributed by atoms with Crippen molar-refractivity contribution in [1.29, 1.82) is 0 Å². The average molecular weight is 218 g/mol. The molecule has 0 aliphatic carbocycles. The standard InChI is InChI=1S/C15H22O/c1-11(2)13-7-8-15(12(3)4)14(10-13)6-5-9-16/h7-12H,5-6H2,1-4H3. The summed E-state index contributed by atoms with van der Waals surface area (Å²) in [5.41, 5.74) is 4.09. The Morgan fingerprint density at radius 3 is 2.31 bits per heavy atom. The van der Waals surface area contributed by atoms with E-state index in [0.717, 1.165) is 12.7 Å². The highest BCUT2D eigenvalue weighted by atomic mass is 16.1. The normalized spacial score (nSPS) is 11.1. The van der Waals surface area contributed by atoms with Crippen LogP contribution in [0.25, 0.3) is 0 Å². The lowest BCUT2D eigenvalue weighted by atomic mass is 9.90. The summed E-state index contributed by atoms with van der Waals surface area (Å²) in [6.07, 6.45) is 2.50. The van der Waals surface area contributed by atoms with Crippen molar-refractivity contribution in [2.75, 3.05) is 0 Å². The van der Waals surface area contributed by atoms with Crippen LogP contribution in [0.15, 0.2) is 18.2 Å². The van der Waals surface area contributed by atoms with Gasteiger partial charge in [0.25, 0.3) is 0 Å². The summed E-state index contributed by atoms with van der Waals surface area (Å²) in [7, 11) is 0. The molecule has 0 unspecified atom stereocenters. The molecule has 0 spiro atoms. The Morgan fingerprint density at radius 1 is 1.12 bits per heavy atom. The van der Waals surface area contributed by atoms with E-state index in [1.54, 1.807) is 0 Å². The zero-order chi connectivity index (χ0) is 12.1. The van der Waals surface area contributed by atoms with Gasteiger partial charge in [0, 0.05) is 6.42 Å². The number of rotatable bonds is 5. The summed E-state index contributed by atoms with van der Waals surface area (Å²) in [4.78, 5) is 10.5. The van der Waals surface area contributed by atoms with Crippen LogP contribution in [0.4, 0.5) is 0 Å². The second kappa shape index (κ2) is 5.83. The van der Waals surface area contributed by atoms with Crippen LogP contribution in [0.5, 0.6) is 0 Å². The number of carbonyl (C=O) groups is 1. The lowest BCUT2D eigenvalue weighted by Gasteiger charge is -2.15. The first kappa shape index (κ1) is 13.0. The van der Waals surface area contributed by atoms with Crippen LogP contribution < -0.4 is 0 Å². The van der Waals surface area contributed by atoms with Gasteiger partial charge in [0.1, 0.15) is 6.29 Å². The number of hydrogen-bond donors (Lipinski definition) is 0. The highest BCUT2D eigenvalue weighted by Crippen LogP contribution is 2.25. The Bertz CT molecular complexity index is 350. The van der Waals surface area contributed by atoms with Gasteiger partial charge in [-0.05, 0) is 34.9 Å². The van der Waals surface area contributed by atoms with Crippen molar-refractivity contribution in [3.05, 3.63) is 34.9 Å². The molecule has 0 heterocycles.